The molecule has 2 heterocycles. The van der Waals surface area contributed by atoms with Crippen LogP contribution in [0.5, 0.6) is 0 Å². The first-order valence-corrected chi connectivity index (χ1v) is 14.3. The van der Waals surface area contributed by atoms with Crippen molar-refractivity contribution in [3.05, 3.63) is 71.5 Å². The molecule has 1 amide bonds. The Morgan fingerprint density at radius 3 is 2.50 bits per heavy atom. The summed E-state index contributed by atoms with van der Waals surface area (Å²) in [7, 11) is 0. The van der Waals surface area contributed by atoms with Gasteiger partial charge >= 0.3 is 5.97 Å². The number of carbonyl (C=O) groups excluding carboxylic acids is 3. The van der Waals surface area contributed by atoms with Gasteiger partial charge in [-0.3, -0.25) is 9.59 Å². The minimum absolute atomic E-state index is 0.0127. The smallest absolute Gasteiger partial charge is 0.374 e. The van der Waals surface area contributed by atoms with Crippen LogP contribution in [0.2, 0.25) is 0 Å². The van der Waals surface area contributed by atoms with Gasteiger partial charge in [0.25, 0.3) is 0 Å². The fraction of sp³-hybridized carbons (Fsp3) is 0.469. The van der Waals surface area contributed by atoms with Crippen molar-refractivity contribution < 1.29 is 27.9 Å². The molecule has 0 radical (unpaired) electrons. The standard InChI is InChI=1S/C32H37FN2O5/c1-2-39-32(38)29-18-24-16-20(8-13-28(24)40-29)17-27(36)30-25(21-6-4-3-5-7-21)14-15-35(30)31(37)23-11-9-22(10-12-23)26(34)19-33/h3-8,13,16,18,22-23,25-26,30H,2,9-12,14-15,17,19,34H2,1H3/t22?,23?,25-,26?,30-/m0/s1. The molecule has 3 atom stereocenters. The lowest BCUT2D eigenvalue weighted by molar-refractivity contribution is -0.142. The number of amides is 1. The van der Waals surface area contributed by atoms with E-state index < -0.39 is 24.7 Å². The van der Waals surface area contributed by atoms with E-state index >= 15 is 0 Å². The highest BCUT2D eigenvalue weighted by molar-refractivity contribution is 5.95. The number of ketones is 1. The van der Waals surface area contributed by atoms with Crippen molar-refractivity contribution in [2.24, 2.45) is 17.6 Å². The average Bonchev–Trinajstić information content (AvgIpc) is 3.62. The van der Waals surface area contributed by atoms with Crippen molar-refractivity contribution >= 4 is 28.6 Å². The number of nitrogens with two attached hydrogens (primary N) is 1. The number of alkyl halides is 1. The first-order valence-electron chi connectivity index (χ1n) is 14.3. The third kappa shape index (κ3) is 5.82. The van der Waals surface area contributed by atoms with E-state index in [1.54, 1.807) is 24.0 Å². The van der Waals surface area contributed by atoms with Gasteiger partial charge in [0.05, 0.1) is 12.6 Å². The topological polar surface area (TPSA) is 103 Å². The fourth-order valence-corrected chi connectivity index (χ4v) is 6.45. The minimum Gasteiger partial charge on any atom is -0.460 e. The summed E-state index contributed by atoms with van der Waals surface area (Å²) in [6, 6.07) is 16.0. The number of hydrogen-bond donors (Lipinski definition) is 1. The summed E-state index contributed by atoms with van der Waals surface area (Å²) in [5, 5.41) is 0.718. The third-order valence-corrected chi connectivity index (χ3v) is 8.58. The second-order valence-electron chi connectivity index (χ2n) is 11.1. The van der Waals surface area contributed by atoms with Gasteiger partial charge < -0.3 is 19.8 Å². The van der Waals surface area contributed by atoms with Gasteiger partial charge in [0.2, 0.25) is 11.7 Å². The molecule has 8 heteroatoms. The van der Waals surface area contributed by atoms with Crippen LogP contribution in [0.15, 0.2) is 59.0 Å². The summed E-state index contributed by atoms with van der Waals surface area (Å²) in [4.78, 5) is 41.6. The third-order valence-electron chi connectivity index (χ3n) is 8.58. The highest BCUT2D eigenvalue weighted by Crippen LogP contribution is 2.38. The highest BCUT2D eigenvalue weighted by Gasteiger charge is 2.44. The van der Waals surface area contributed by atoms with Gasteiger partial charge in [-0.2, -0.15) is 0 Å². The summed E-state index contributed by atoms with van der Waals surface area (Å²) in [6.45, 7) is 1.97. The van der Waals surface area contributed by atoms with Gasteiger partial charge in [0, 0.05) is 36.2 Å². The van der Waals surface area contributed by atoms with Crippen LogP contribution < -0.4 is 5.73 Å². The van der Waals surface area contributed by atoms with Gasteiger partial charge in [-0.1, -0.05) is 36.4 Å². The number of ether oxygens (including phenoxy) is 1. The lowest BCUT2D eigenvalue weighted by Crippen LogP contribution is -2.47. The molecule has 0 bridgehead atoms. The summed E-state index contributed by atoms with van der Waals surface area (Å²) >= 11 is 0. The molecular weight excluding hydrogens is 511 g/mol. The Labute approximate surface area is 233 Å². The van der Waals surface area contributed by atoms with Crippen molar-refractivity contribution in [3.63, 3.8) is 0 Å². The largest absolute Gasteiger partial charge is 0.460 e. The normalized spacial score (nSPS) is 23.7. The Morgan fingerprint density at radius 1 is 1.05 bits per heavy atom. The zero-order valence-electron chi connectivity index (χ0n) is 22.9. The maximum absolute atomic E-state index is 14.0. The van der Waals surface area contributed by atoms with Crippen LogP contribution in [0, 0.1) is 11.8 Å². The number of benzene rings is 2. The number of Topliss-reactive ketones (excluding diaryl/α,β-unsaturated/α-hetero) is 1. The number of rotatable bonds is 9. The first-order chi connectivity index (χ1) is 19.4. The monoisotopic (exact) mass is 548 g/mol. The quantitative estimate of drug-likeness (QED) is 0.369. The van der Waals surface area contributed by atoms with Crippen LogP contribution in [0.3, 0.4) is 0 Å². The highest BCUT2D eigenvalue weighted by atomic mass is 19.1. The Hall–Kier alpha value is -3.52. The molecule has 2 aliphatic rings. The molecule has 3 aromatic rings. The van der Waals surface area contributed by atoms with Gasteiger partial charge in [-0.15, -0.1) is 0 Å². The van der Waals surface area contributed by atoms with E-state index in [2.05, 4.69) is 0 Å². The lowest BCUT2D eigenvalue weighted by Gasteiger charge is -2.35. The Kier molecular flexibility index (Phi) is 8.64. The molecule has 1 saturated carbocycles. The van der Waals surface area contributed by atoms with Gasteiger partial charge in [0.1, 0.15) is 12.3 Å². The van der Waals surface area contributed by atoms with E-state index in [0.29, 0.717) is 25.0 Å². The van der Waals surface area contributed by atoms with Crippen LogP contribution in [-0.4, -0.2) is 54.5 Å². The molecule has 1 aromatic heterocycles. The predicted octanol–water partition coefficient (Wildman–Crippen LogP) is 5.21. The second-order valence-corrected chi connectivity index (χ2v) is 11.1. The number of furan rings is 1. The predicted molar refractivity (Wildman–Crippen MR) is 150 cm³/mol. The van der Waals surface area contributed by atoms with Crippen LogP contribution in [0.25, 0.3) is 11.0 Å². The number of halogens is 1. The molecule has 7 nitrogen and oxygen atoms in total. The van der Waals surface area contributed by atoms with Crippen LogP contribution >= 0.6 is 0 Å². The molecule has 0 spiro atoms. The zero-order chi connectivity index (χ0) is 28.2. The molecular formula is C32H37FN2O5. The van der Waals surface area contributed by atoms with Crippen molar-refractivity contribution in [2.75, 3.05) is 19.8 Å². The van der Waals surface area contributed by atoms with Crippen molar-refractivity contribution in [1.82, 2.24) is 4.90 Å². The van der Waals surface area contributed by atoms with Gasteiger partial charge in [0.15, 0.2) is 5.78 Å². The molecule has 1 aliphatic heterocycles. The number of fused-ring (bicyclic) bond motifs is 1. The van der Waals surface area contributed by atoms with Gasteiger partial charge in [-0.25, -0.2) is 9.18 Å². The first kappa shape index (κ1) is 28.0. The van der Waals surface area contributed by atoms with E-state index in [9.17, 15) is 18.8 Å². The number of nitrogens with zero attached hydrogens (tertiary/aromatic N) is 1. The number of esters is 1. The Bertz CT molecular complexity index is 1350. The molecule has 1 unspecified atom stereocenters. The van der Waals surface area contributed by atoms with E-state index in [0.717, 1.165) is 35.8 Å². The maximum atomic E-state index is 14.0. The number of carbonyl (C=O) groups is 3. The molecule has 2 aromatic carbocycles. The molecule has 1 aliphatic carbocycles. The molecule has 2 fully saturated rings. The summed E-state index contributed by atoms with van der Waals surface area (Å²) in [5.74, 6) is -0.542. The molecule has 1 saturated heterocycles. The minimum atomic E-state index is -0.559. The molecule has 212 valence electrons. The Balaban J connectivity index is 1.36. The second kappa shape index (κ2) is 12.3. The van der Waals surface area contributed by atoms with Crippen LogP contribution in [0.4, 0.5) is 4.39 Å². The number of likely N-dealkylation sites (tertiary alicyclic amines) is 1. The number of hydrogen-bond acceptors (Lipinski definition) is 6. The molecule has 2 N–H and O–H groups in total. The van der Waals surface area contributed by atoms with E-state index in [-0.39, 0.29) is 48.2 Å². The zero-order valence-corrected chi connectivity index (χ0v) is 22.9. The Morgan fingerprint density at radius 2 is 1.80 bits per heavy atom. The van der Waals surface area contributed by atoms with E-state index in [4.69, 9.17) is 14.9 Å². The van der Waals surface area contributed by atoms with E-state index in [1.807, 2.05) is 42.5 Å². The maximum Gasteiger partial charge on any atom is 0.374 e. The van der Waals surface area contributed by atoms with Crippen molar-refractivity contribution in [1.29, 1.82) is 0 Å². The summed E-state index contributed by atoms with van der Waals surface area (Å²) < 4.78 is 23.7. The lowest BCUT2D eigenvalue weighted by atomic mass is 9.78. The van der Waals surface area contributed by atoms with Crippen LogP contribution in [-0.2, 0) is 20.7 Å². The van der Waals surface area contributed by atoms with E-state index in [1.165, 1.54) is 0 Å². The van der Waals surface area contributed by atoms with Crippen molar-refractivity contribution in [2.45, 2.75) is 63.5 Å². The average molecular weight is 549 g/mol. The molecule has 5 rings (SSSR count). The fourth-order valence-electron chi connectivity index (χ4n) is 6.45. The van der Waals surface area contributed by atoms with Gasteiger partial charge in [-0.05, 0) is 74.3 Å². The van der Waals surface area contributed by atoms with Crippen molar-refractivity contribution in [3.8, 4) is 0 Å². The molecule has 40 heavy (non-hydrogen) atoms. The van der Waals surface area contributed by atoms with Crippen LogP contribution in [0.1, 0.15) is 66.6 Å². The summed E-state index contributed by atoms with van der Waals surface area (Å²) in [6.07, 6.45) is 3.68. The SMILES string of the molecule is CCOC(=O)c1cc2cc(CC(=O)[C@@H]3[C@H](c4ccccc4)CCN3C(=O)C3CCC(C(N)CF)CC3)ccc2o1. The summed E-state index contributed by atoms with van der Waals surface area (Å²) in [5.41, 5.74) is 8.32.